The first-order chi connectivity index (χ1) is 11.3. The van der Waals surface area contributed by atoms with Crippen molar-refractivity contribution in [3.05, 3.63) is 23.9 Å². The number of aromatic nitrogens is 2. The number of guanidine groups is 1. The molecule has 7 nitrogen and oxygen atoms in total. The van der Waals surface area contributed by atoms with Gasteiger partial charge in [-0.1, -0.05) is 24.2 Å². The number of aryl methyl sites for hydroxylation is 1. The maximum atomic E-state index is 5.13. The van der Waals surface area contributed by atoms with E-state index in [9.17, 15) is 0 Å². The Morgan fingerprint density at radius 2 is 2.21 bits per heavy atom. The van der Waals surface area contributed by atoms with E-state index in [4.69, 9.17) is 4.52 Å². The molecule has 0 aromatic carbocycles. The maximum Gasteiger partial charge on any atom is 0.226 e. The first-order valence-electron chi connectivity index (χ1n) is 8.46. The lowest BCUT2D eigenvalue weighted by Crippen LogP contribution is -2.43. The molecule has 2 aliphatic rings. The number of rotatable bonds is 5. The molecule has 0 saturated carbocycles. The molecule has 0 spiro atoms. The largest absolute Gasteiger partial charge is 0.356 e. The zero-order chi connectivity index (χ0) is 16.1. The van der Waals surface area contributed by atoms with E-state index in [1.54, 1.807) is 0 Å². The summed E-state index contributed by atoms with van der Waals surface area (Å²) in [6.07, 6.45) is 7.24. The fraction of sp³-hybridized carbons (Fsp3) is 0.688. The van der Waals surface area contributed by atoms with E-state index >= 15 is 0 Å². The molecule has 1 aromatic rings. The van der Waals surface area contributed by atoms with E-state index in [-0.39, 0.29) is 24.0 Å². The topological polar surface area (TPSA) is 69.8 Å². The number of likely N-dealkylation sites (tertiary alicyclic amines) is 1. The minimum atomic E-state index is 0. The van der Waals surface area contributed by atoms with Gasteiger partial charge in [-0.15, -0.1) is 24.0 Å². The van der Waals surface area contributed by atoms with E-state index in [0.29, 0.717) is 11.9 Å². The van der Waals surface area contributed by atoms with Crippen molar-refractivity contribution in [2.24, 2.45) is 4.99 Å². The van der Waals surface area contributed by atoms with Gasteiger partial charge < -0.3 is 14.7 Å². The van der Waals surface area contributed by atoms with Gasteiger partial charge in [0.05, 0.1) is 0 Å². The maximum absolute atomic E-state index is 5.13. The quantitative estimate of drug-likeness (QED) is 0.319. The molecule has 1 fully saturated rings. The molecule has 3 rings (SSSR count). The third kappa shape index (κ3) is 4.69. The Bertz CT molecular complexity index is 565. The number of hydrogen-bond donors (Lipinski definition) is 1. The fourth-order valence-electron chi connectivity index (χ4n) is 3.18. The molecule has 1 aromatic heterocycles. The second-order valence-electron chi connectivity index (χ2n) is 6.00. The van der Waals surface area contributed by atoms with Gasteiger partial charge in [0.2, 0.25) is 5.89 Å². The molecular weight excluding hydrogens is 419 g/mol. The Morgan fingerprint density at radius 3 is 2.88 bits per heavy atom. The predicted octanol–water partition coefficient (Wildman–Crippen LogP) is 1.31. The van der Waals surface area contributed by atoms with E-state index in [1.807, 2.05) is 14.0 Å². The van der Waals surface area contributed by atoms with Crippen LogP contribution in [-0.4, -0.2) is 71.7 Å². The van der Waals surface area contributed by atoms with E-state index in [0.717, 1.165) is 57.3 Å². The third-order valence-electron chi connectivity index (χ3n) is 4.48. The Labute approximate surface area is 160 Å². The zero-order valence-electron chi connectivity index (χ0n) is 14.4. The summed E-state index contributed by atoms with van der Waals surface area (Å²) in [5.41, 5.74) is 0. The van der Waals surface area contributed by atoms with Gasteiger partial charge in [0.15, 0.2) is 11.8 Å². The fourth-order valence-corrected chi connectivity index (χ4v) is 3.18. The lowest BCUT2D eigenvalue weighted by Gasteiger charge is -2.25. The van der Waals surface area contributed by atoms with Crippen LogP contribution in [0.5, 0.6) is 0 Å². The standard InChI is InChI=1S/C16H26N6O.HI/c1-3-15-19-14(20-23-15)6-8-18-16(17-2)22-11-7-13(12-22)21-9-4-5-10-21;/h4-5,13H,3,6-12H2,1-2H3,(H,17,18);1H. The van der Waals surface area contributed by atoms with Gasteiger partial charge in [-0.3, -0.25) is 9.89 Å². The molecule has 1 saturated heterocycles. The van der Waals surface area contributed by atoms with E-state index in [2.05, 4.69) is 42.4 Å². The molecule has 24 heavy (non-hydrogen) atoms. The summed E-state index contributed by atoms with van der Waals surface area (Å²) in [6.45, 7) is 7.05. The first kappa shape index (κ1) is 19.2. The summed E-state index contributed by atoms with van der Waals surface area (Å²) in [4.78, 5) is 13.6. The summed E-state index contributed by atoms with van der Waals surface area (Å²) >= 11 is 0. The second-order valence-corrected chi connectivity index (χ2v) is 6.00. The Morgan fingerprint density at radius 1 is 1.42 bits per heavy atom. The lowest BCUT2D eigenvalue weighted by atomic mass is 10.2. The SMILES string of the molecule is CCc1nc(CCNC(=NC)N2CCC(N3CC=CC3)C2)no1.I. The van der Waals surface area contributed by atoms with Crippen LogP contribution in [0.2, 0.25) is 0 Å². The van der Waals surface area contributed by atoms with Crippen molar-refractivity contribution < 1.29 is 4.52 Å². The molecule has 134 valence electrons. The van der Waals surface area contributed by atoms with Crippen molar-refractivity contribution in [1.29, 1.82) is 0 Å². The number of nitrogens with zero attached hydrogens (tertiary/aromatic N) is 5. The first-order valence-corrected chi connectivity index (χ1v) is 8.46. The van der Waals surface area contributed by atoms with Crippen LogP contribution in [0.15, 0.2) is 21.7 Å². The minimum Gasteiger partial charge on any atom is -0.356 e. The number of halogens is 1. The van der Waals surface area contributed by atoms with Gasteiger partial charge in [-0.2, -0.15) is 4.98 Å². The molecule has 0 bridgehead atoms. The summed E-state index contributed by atoms with van der Waals surface area (Å²) in [6, 6.07) is 0.632. The van der Waals surface area contributed by atoms with E-state index < -0.39 is 0 Å². The van der Waals surface area contributed by atoms with Crippen LogP contribution in [0.4, 0.5) is 0 Å². The smallest absolute Gasteiger partial charge is 0.226 e. The van der Waals surface area contributed by atoms with Crippen LogP contribution in [-0.2, 0) is 12.8 Å². The van der Waals surface area contributed by atoms with Gasteiger partial charge in [-0.25, -0.2) is 0 Å². The molecule has 0 radical (unpaired) electrons. The number of nitrogens with one attached hydrogen (secondary N) is 1. The van der Waals surface area contributed by atoms with Gasteiger partial charge in [-0.05, 0) is 6.42 Å². The highest BCUT2D eigenvalue weighted by atomic mass is 127. The second kappa shape index (κ2) is 9.36. The molecule has 8 heteroatoms. The van der Waals surface area contributed by atoms with Gasteiger partial charge >= 0.3 is 0 Å². The van der Waals surface area contributed by atoms with Gasteiger partial charge in [0.25, 0.3) is 0 Å². The van der Waals surface area contributed by atoms with Crippen molar-refractivity contribution in [1.82, 2.24) is 25.3 Å². The molecule has 3 heterocycles. The average Bonchev–Trinajstić information content (AvgIpc) is 3.32. The van der Waals surface area contributed by atoms with Crippen LogP contribution in [0, 0.1) is 0 Å². The highest BCUT2D eigenvalue weighted by molar-refractivity contribution is 14.0. The van der Waals surface area contributed by atoms with Crippen molar-refractivity contribution in [3.63, 3.8) is 0 Å². The van der Waals surface area contributed by atoms with Crippen molar-refractivity contribution in [3.8, 4) is 0 Å². The average molecular weight is 446 g/mol. The number of aliphatic imine (C=N–C) groups is 1. The lowest BCUT2D eigenvalue weighted by molar-refractivity contribution is 0.259. The Kier molecular flexibility index (Phi) is 7.47. The number of hydrogen-bond acceptors (Lipinski definition) is 5. The summed E-state index contributed by atoms with van der Waals surface area (Å²) in [7, 11) is 1.84. The summed E-state index contributed by atoms with van der Waals surface area (Å²) < 4.78 is 5.13. The predicted molar refractivity (Wildman–Crippen MR) is 105 cm³/mol. The molecule has 0 amide bonds. The van der Waals surface area contributed by atoms with Crippen molar-refractivity contribution in [2.75, 3.05) is 39.8 Å². The van der Waals surface area contributed by atoms with Crippen LogP contribution < -0.4 is 5.32 Å². The Balaban J connectivity index is 0.00000208. The molecule has 0 aliphatic carbocycles. The Hall–Kier alpha value is -1.16. The van der Waals surface area contributed by atoms with Crippen LogP contribution in [0.3, 0.4) is 0 Å². The molecule has 1 unspecified atom stereocenters. The molecule has 1 N–H and O–H groups in total. The van der Waals surface area contributed by atoms with Gasteiger partial charge in [0.1, 0.15) is 0 Å². The van der Waals surface area contributed by atoms with Crippen LogP contribution in [0.1, 0.15) is 25.1 Å². The zero-order valence-corrected chi connectivity index (χ0v) is 16.8. The molecular formula is C16H27IN6O. The minimum absolute atomic E-state index is 0. The van der Waals surface area contributed by atoms with Crippen molar-refractivity contribution in [2.45, 2.75) is 32.2 Å². The van der Waals surface area contributed by atoms with Gasteiger partial charge in [0, 0.05) is 58.7 Å². The third-order valence-corrected chi connectivity index (χ3v) is 4.48. The van der Waals surface area contributed by atoms with E-state index in [1.165, 1.54) is 6.42 Å². The van der Waals surface area contributed by atoms with Crippen LogP contribution >= 0.6 is 24.0 Å². The highest BCUT2D eigenvalue weighted by Crippen LogP contribution is 2.17. The highest BCUT2D eigenvalue weighted by Gasteiger charge is 2.29. The monoisotopic (exact) mass is 446 g/mol. The molecule has 1 atom stereocenters. The summed E-state index contributed by atoms with van der Waals surface area (Å²) in [5, 5.41) is 7.40. The van der Waals surface area contributed by atoms with Crippen LogP contribution in [0.25, 0.3) is 0 Å². The normalized spacial score (nSPS) is 21.3. The summed E-state index contributed by atoms with van der Waals surface area (Å²) in [5.74, 6) is 2.43. The van der Waals surface area contributed by atoms with Crippen molar-refractivity contribution >= 4 is 29.9 Å². The molecule has 2 aliphatic heterocycles.